The Labute approximate surface area is 168 Å². The van der Waals surface area contributed by atoms with E-state index >= 15 is 0 Å². The molecule has 2 heterocycles. The van der Waals surface area contributed by atoms with Gasteiger partial charge in [-0.15, -0.1) is 21.5 Å². The van der Waals surface area contributed by atoms with Gasteiger partial charge in [-0.25, -0.2) is 4.68 Å². The van der Waals surface area contributed by atoms with Gasteiger partial charge in [0.2, 0.25) is 11.1 Å². The zero-order chi connectivity index (χ0) is 18.7. The van der Waals surface area contributed by atoms with Gasteiger partial charge in [0, 0.05) is 15.5 Å². The number of rotatable bonds is 6. The molecule has 0 aliphatic rings. The van der Waals surface area contributed by atoms with Crippen LogP contribution in [0.1, 0.15) is 11.8 Å². The molecular formula is C16H15Cl2N5OS2. The first-order valence-corrected chi connectivity index (χ1v) is 10.1. The molecule has 0 saturated carbocycles. The third-order valence-electron chi connectivity index (χ3n) is 3.50. The molecule has 0 aliphatic heterocycles. The smallest absolute Gasteiger partial charge is 0.233 e. The second-order valence-corrected chi connectivity index (χ2v) is 8.54. The van der Waals surface area contributed by atoms with Crippen molar-refractivity contribution < 1.29 is 4.79 Å². The lowest BCUT2D eigenvalue weighted by molar-refractivity contribution is -0.120. The van der Waals surface area contributed by atoms with Crippen LogP contribution in [0.2, 0.25) is 10.0 Å². The normalized spacial score (nSPS) is 12.1. The number of thiophene rings is 1. The largest absolute Gasteiger partial charge is 0.350 e. The number of nitrogens with one attached hydrogen (secondary N) is 1. The van der Waals surface area contributed by atoms with Crippen molar-refractivity contribution in [3.63, 3.8) is 0 Å². The standard InChI is InChI=1S/C16H15Cl2N5OS2/c1-9(15(24)20-8-11-3-2-6-25-11)26-16-22-21-14(23(16)19)12-5-4-10(17)7-13(12)18/h2-7,9H,8,19H2,1H3,(H,20,24). The third kappa shape index (κ3) is 4.32. The molecule has 2 aromatic heterocycles. The Morgan fingerprint density at radius 1 is 1.38 bits per heavy atom. The second-order valence-electron chi connectivity index (χ2n) is 5.36. The van der Waals surface area contributed by atoms with Crippen LogP contribution in [0.25, 0.3) is 11.4 Å². The van der Waals surface area contributed by atoms with Crippen molar-refractivity contribution in [1.82, 2.24) is 20.2 Å². The van der Waals surface area contributed by atoms with Gasteiger partial charge in [0.05, 0.1) is 16.8 Å². The molecule has 1 amide bonds. The van der Waals surface area contributed by atoms with Crippen molar-refractivity contribution >= 4 is 52.2 Å². The summed E-state index contributed by atoms with van der Waals surface area (Å²) in [6.07, 6.45) is 0. The average Bonchev–Trinajstić information content (AvgIpc) is 3.24. The summed E-state index contributed by atoms with van der Waals surface area (Å²) in [6.45, 7) is 2.29. The quantitative estimate of drug-likeness (QED) is 0.461. The predicted molar refractivity (Wildman–Crippen MR) is 107 cm³/mol. The van der Waals surface area contributed by atoms with Crippen LogP contribution in [0.3, 0.4) is 0 Å². The topological polar surface area (TPSA) is 85.8 Å². The molecule has 1 unspecified atom stereocenters. The van der Waals surface area contributed by atoms with E-state index in [2.05, 4.69) is 15.5 Å². The molecule has 136 valence electrons. The van der Waals surface area contributed by atoms with Crippen LogP contribution in [0, 0.1) is 0 Å². The molecule has 3 rings (SSSR count). The van der Waals surface area contributed by atoms with E-state index in [1.165, 1.54) is 16.4 Å². The summed E-state index contributed by atoms with van der Waals surface area (Å²) in [6, 6.07) is 8.96. The number of nitrogens with zero attached hydrogens (tertiary/aromatic N) is 3. The molecule has 6 nitrogen and oxygen atoms in total. The van der Waals surface area contributed by atoms with E-state index in [9.17, 15) is 4.79 Å². The molecule has 1 aromatic carbocycles. The second kappa shape index (κ2) is 8.30. The number of amides is 1. The number of nitrogen functional groups attached to an aromatic ring is 1. The van der Waals surface area contributed by atoms with Crippen LogP contribution >= 0.6 is 46.3 Å². The molecule has 26 heavy (non-hydrogen) atoms. The van der Waals surface area contributed by atoms with Crippen molar-refractivity contribution in [2.45, 2.75) is 23.9 Å². The summed E-state index contributed by atoms with van der Waals surface area (Å²) in [5, 5.41) is 14.0. The van der Waals surface area contributed by atoms with Gasteiger partial charge in [0.15, 0.2) is 5.82 Å². The number of aromatic nitrogens is 3. The molecule has 3 N–H and O–H groups in total. The van der Waals surface area contributed by atoms with Crippen LogP contribution in [0.15, 0.2) is 40.9 Å². The Bertz CT molecular complexity index is 914. The number of benzene rings is 1. The Balaban J connectivity index is 1.68. The number of hydrogen-bond acceptors (Lipinski definition) is 6. The first-order chi connectivity index (χ1) is 12.5. The number of halogens is 2. The first kappa shape index (κ1) is 19.0. The fourth-order valence-electron chi connectivity index (χ4n) is 2.15. The average molecular weight is 428 g/mol. The van der Waals surface area contributed by atoms with Gasteiger partial charge < -0.3 is 11.2 Å². The highest BCUT2D eigenvalue weighted by Gasteiger charge is 2.20. The van der Waals surface area contributed by atoms with Gasteiger partial charge >= 0.3 is 0 Å². The number of hydrogen-bond donors (Lipinski definition) is 2. The molecular weight excluding hydrogens is 413 g/mol. The van der Waals surface area contributed by atoms with Crippen LogP contribution in [-0.4, -0.2) is 26.0 Å². The van der Waals surface area contributed by atoms with Gasteiger partial charge in [0.1, 0.15) is 0 Å². The highest BCUT2D eigenvalue weighted by molar-refractivity contribution is 8.00. The zero-order valence-corrected chi connectivity index (χ0v) is 16.8. The molecule has 1 atom stereocenters. The summed E-state index contributed by atoms with van der Waals surface area (Å²) in [4.78, 5) is 13.4. The fraction of sp³-hybridized carbons (Fsp3) is 0.188. The maximum atomic E-state index is 12.3. The summed E-state index contributed by atoms with van der Waals surface area (Å²) >= 11 is 14.9. The Hall–Kier alpha value is -1.74. The van der Waals surface area contributed by atoms with Gasteiger partial charge in [-0.05, 0) is 36.6 Å². The van der Waals surface area contributed by atoms with Crippen molar-refractivity contribution in [2.24, 2.45) is 0 Å². The minimum atomic E-state index is -0.380. The molecule has 3 aromatic rings. The number of nitrogens with two attached hydrogens (primary N) is 1. The van der Waals surface area contributed by atoms with Crippen molar-refractivity contribution in [2.75, 3.05) is 5.84 Å². The van der Waals surface area contributed by atoms with E-state index in [0.717, 1.165) is 4.88 Å². The van der Waals surface area contributed by atoms with E-state index in [0.29, 0.717) is 33.1 Å². The molecule has 0 aliphatic carbocycles. The van der Waals surface area contributed by atoms with Gasteiger partial charge in [0.25, 0.3) is 0 Å². The zero-order valence-electron chi connectivity index (χ0n) is 13.6. The summed E-state index contributed by atoms with van der Waals surface area (Å²) in [7, 11) is 0. The van der Waals surface area contributed by atoms with Gasteiger partial charge in [-0.2, -0.15) is 0 Å². The Kier molecular flexibility index (Phi) is 6.08. The summed E-state index contributed by atoms with van der Waals surface area (Å²) in [5.41, 5.74) is 0.618. The minimum absolute atomic E-state index is 0.0996. The molecule has 0 spiro atoms. The van der Waals surface area contributed by atoms with Crippen molar-refractivity contribution in [3.05, 3.63) is 50.6 Å². The summed E-state index contributed by atoms with van der Waals surface area (Å²) in [5.74, 6) is 6.39. The highest BCUT2D eigenvalue weighted by atomic mass is 35.5. The van der Waals surface area contributed by atoms with Crippen LogP contribution < -0.4 is 11.2 Å². The van der Waals surface area contributed by atoms with Gasteiger partial charge in [-0.1, -0.05) is 41.0 Å². The maximum Gasteiger partial charge on any atom is 0.233 e. The summed E-state index contributed by atoms with van der Waals surface area (Å²) < 4.78 is 1.32. The number of carbonyl (C=O) groups is 1. The molecule has 0 fully saturated rings. The maximum absolute atomic E-state index is 12.3. The highest BCUT2D eigenvalue weighted by Crippen LogP contribution is 2.31. The molecule has 0 radical (unpaired) electrons. The third-order valence-corrected chi connectivity index (χ3v) is 5.99. The lowest BCUT2D eigenvalue weighted by Gasteiger charge is -2.11. The lowest BCUT2D eigenvalue weighted by atomic mass is 10.2. The lowest BCUT2D eigenvalue weighted by Crippen LogP contribution is -2.30. The first-order valence-electron chi connectivity index (χ1n) is 7.58. The van der Waals surface area contributed by atoms with E-state index in [4.69, 9.17) is 29.0 Å². The molecule has 0 bridgehead atoms. The molecule has 10 heteroatoms. The van der Waals surface area contributed by atoms with Crippen molar-refractivity contribution in [3.8, 4) is 11.4 Å². The van der Waals surface area contributed by atoms with E-state index < -0.39 is 0 Å². The fourth-order valence-corrected chi connectivity index (χ4v) is 4.09. The minimum Gasteiger partial charge on any atom is -0.350 e. The number of carbonyl (C=O) groups excluding carboxylic acids is 1. The van der Waals surface area contributed by atoms with E-state index in [-0.39, 0.29) is 11.2 Å². The molecule has 0 saturated heterocycles. The van der Waals surface area contributed by atoms with Gasteiger partial charge in [-0.3, -0.25) is 4.79 Å². The monoisotopic (exact) mass is 427 g/mol. The van der Waals surface area contributed by atoms with Crippen LogP contribution in [-0.2, 0) is 11.3 Å². The number of thioether (sulfide) groups is 1. The van der Waals surface area contributed by atoms with Crippen LogP contribution in [0.4, 0.5) is 0 Å². The predicted octanol–water partition coefficient (Wildman–Crippen LogP) is 3.82. The Morgan fingerprint density at radius 2 is 2.19 bits per heavy atom. The Morgan fingerprint density at radius 3 is 2.88 bits per heavy atom. The van der Waals surface area contributed by atoms with E-state index in [1.807, 2.05) is 17.5 Å². The van der Waals surface area contributed by atoms with Crippen molar-refractivity contribution in [1.29, 1.82) is 0 Å². The SMILES string of the molecule is CC(Sc1nnc(-c2ccc(Cl)cc2Cl)n1N)C(=O)NCc1cccs1. The van der Waals surface area contributed by atoms with Crippen LogP contribution in [0.5, 0.6) is 0 Å². The van der Waals surface area contributed by atoms with E-state index in [1.54, 1.807) is 36.5 Å².